The standard InChI is InChI=1S/C24H38N2O6/c1-18(2)21(22(28)31-16-19-9-7-6-8-10-19)30-17-20(15-27)25-11-13-26(14-12-25)23(29)32-24(3,4)5/h6-10,18,20-21,27H,11-17H2,1-5H3/t20?,21-/m0/s1. The van der Waals surface area contributed by atoms with E-state index >= 15 is 0 Å². The van der Waals surface area contributed by atoms with Crippen LogP contribution in [0.15, 0.2) is 30.3 Å². The minimum atomic E-state index is -0.712. The number of hydrogen-bond donors (Lipinski definition) is 1. The van der Waals surface area contributed by atoms with Crippen LogP contribution in [0.2, 0.25) is 0 Å². The second kappa shape index (κ2) is 12.2. The van der Waals surface area contributed by atoms with Crippen molar-refractivity contribution < 1.29 is 28.9 Å². The molecule has 1 N–H and O–H groups in total. The summed E-state index contributed by atoms with van der Waals surface area (Å²) in [6, 6.07) is 9.24. The summed E-state index contributed by atoms with van der Waals surface area (Å²) in [5, 5.41) is 9.91. The lowest BCUT2D eigenvalue weighted by atomic mass is 10.1. The molecule has 32 heavy (non-hydrogen) atoms. The van der Waals surface area contributed by atoms with Gasteiger partial charge in [-0.1, -0.05) is 44.2 Å². The van der Waals surface area contributed by atoms with Gasteiger partial charge in [-0.05, 0) is 32.3 Å². The minimum absolute atomic E-state index is 0.0679. The number of rotatable bonds is 9. The Hall–Kier alpha value is -2.16. The maximum atomic E-state index is 12.6. The lowest BCUT2D eigenvalue weighted by Gasteiger charge is -2.39. The van der Waals surface area contributed by atoms with Gasteiger partial charge in [0.15, 0.2) is 6.10 Å². The first-order chi connectivity index (χ1) is 15.1. The number of ether oxygens (including phenoxy) is 3. The third-order valence-electron chi connectivity index (χ3n) is 5.22. The third-order valence-corrected chi connectivity index (χ3v) is 5.22. The zero-order valence-corrected chi connectivity index (χ0v) is 20.0. The molecule has 0 saturated carbocycles. The van der Waals surface area contributed by atoms with E-state index in [1.54, 1.807) is 4.90 Å². The predicted octanol–water partition coefficient (Wildman–Crippen LogP) is 2.68. The summed E-state index contributed by atoms with van der Waals surface area (Å²) >= 11 is 0. The van der Waals surface area contributed by atoms with Crippen LogP contribution in [0, 0.1) is 5.92 Å². The minimum Gasteiger partial charge on any atom is -0.459 e. The van der Waals surface area contributed by atoms with Crippen molar-refractivity contribution in [3.05, 3.63) is 35.9 Å². The molecular weight excluding hydrogens is 412 g/mol. The number of carbonyl (C=O) groups excluding carboxylic acids is 2. The second-order valence-corrected chi connectivity index (χ2v) is 9.43. The zero-order valence-electron chi connectivity index (χ0n) is 20.0. The molecule has 2 rings (SSSR count). The Morgan fingerprint density at radius 2 is 1.69 bits per heavy atom. The fourth-order valence-electron chi connectivity index (χ4n) is 3.43. The van der Waals surface area contributed by atoms with Gasteiger partial charge in [0.25, 0.3) is 0 Å². The van der Waals surface area contributed by atoms with Crippen LogP contribution >= 0.6 is 0 Å². The van der Waals surface area contributed by atoms with E-state index in [0.29, 0.717) is 26.2 Å². The van der Waals surface area contributed by atoms with Crippen molar-refractivity contribution in [2.45, 2.75) is 59.0 Å². The topological polar surface area (TPSA) is 88.5 Å². The summed E-state index contributed by atoms with van der Waals surface area (Å²) in [5.74, 6) is -0.475. The van der Waals surface area contributed by atoms with E-state index in [9.17, 15) is 14.7 Å². The third kappa shape index (κ3) is 8.41. The molecule has 8 heteroatoms. The van der Waals surface area contributed by atoms with Crippen LogP contribution in [0.25, 0.3) is 0 Å². The number of esters is 1. The van der Waals surface area contributed by atoms with E-state index in [-0.39, 0.29) is 37.9 Å². The lowest BCUT2D eigenvalue weighted by molar-refractivity contribution is -0.163. The molecule has 0 radical (unpaired) electrons. The summed E-state index contributed by atoms with van der Waals surface area (Å²) in [4.78, 5) is 28.6. The number of aliphatic hydroxyl groups excluding tert-OH is 1. The molecule has 0 aliphatic carbocycles. The van der Waals surface area contributed by atoms with Crippen LogP contribution in [0.4, 0.5) is 4.79 Å². The molecule has 1 aliphatic heterocycles. The van der Waals surface area contributed by atoms with E-state index < -0.39 is 17.7 Å². The highest BCUT2D eigenvalue weighted by Gasteiger charge is 2.31. The molecule has 1 unspecified atom stereocenters. The highest BCUT2D eigenvalue weighted by atomic mass is 16.6. The summed E-state index contributed by atoms with van der Waals surface area (Å²) in [7, 11) is 0. The van der Waals surface area contributed by atoms with Gasteiger partial charge < -0.3 is 24.2 Å². The SMILES string of the molecule is CC(C)[C@H](OCC(CO)N1CCN(C(=O)OC(C)(C)C)CC1)C(=O)OCc1ccccc1. The Kier molecular flexibility index (Phi) is 9.93. The fourth-order valence-corrected chi connectivity index (χ4v) is 3.43. The molecule has 1 aliphatic rings. The molecular formula is C24H38N2O6. The van der Waals surface area contributed by atoms with Crippen molar-refractivity contribution in [3.8, 4) is 0 Å². The van der Waals surface area contributed by atoms with Gasteiger partial charge in [-0.25, -0.2) is 9.59 Å². The van der Waals surface area contributed by atoms with Crippen molar-refractivity contribution in [2.24, 2.45) is 5.92 Å². The molecule has 0 spiro atoms. The molecule has 1 fully saturated rings. The van der Waals surface area contributed by atoms with E-state index in [1.165, 1.54) is 0 Å². The van der Waals surface area contributed by atoms with Crippen molar-refractivity contribution >= 4 is 12.1 Å². The first kappa shape index (κ1) is 26.1. The predicted molar refractivity (Wildman–Crippen MR) is 121 cm³/mol. The number of aliphatic hydroxyl groups is 1. The summed E-state index contributed by atoms with van der Waals surface area (Å²) < 4.78 is 16.8. The molecule has 1 amide bonds. The molecule has 8 nitrogen and oxygen atoms in total. The van der Waals surface area contributed by atoms with Crippen LogP contribution in [-0.2, 0) is 25.6 Å². The lowest BCUT2D eigenvalue weighted by Crippen LogP contribution is -2.55. The second-order valence-electron chi connectivity index (χ2n) is 9.43. The Morgan fingerprint density at radius 1 is 1.06 bits per heavy atom. The number of carbonyl (C=O) groups is 2. The number of piperazine rings is 1. The van der Waals surface area contributed by atoms with Crippen molar-refractivity contribution in [2.75, 3.05) is 39.4 Å². The van der Waals surface area contributed by atoms with Crippen molar-refractivity contribution in [1.82, 2.24) is 9.80 Å². The van der Waals surface area contributed by atoms with Gasteiger partial charge in [0, 0.05) is 26.2 Å². The first-order valence-corrected chi connectivity index (χ1v) is 11.3. The molecule has 0 aromatic heterocycles. The average molecular weight is 451 g/mol. The molecule has 1 saturated heterocycles. The van der Waals surface area contributed by atoms with E-state index in [4.69, 9.17) is 14.2 Å². The molecule has 180 valence electrons. The number of hydrogen-bond acceptors (Lipinski definition) is 7. The fraction of sp³-hybridized carbons (Fsp3) is 0.667. The van der Waals surface area contributed by atoms with E-state index in [2.05, 4.69) is 4.90 Å². The van der Waals surface area contributed by atoms with Gasteiger partial charge in [0.2, 0.25) is 0 Å². The molecule has 1 aromatic rings. The molecule has 1 heterocycles. The highest BCUT2D eigenvalue weighted by Crippen LogP contribution is 2.16. The Morgan fingerprint density at radius 3 is 2.22 bits per heavy atom. The van der Waals surface area contributed by atoms with Crippen molar-refractivity contribution in [3.63, 3.8) is 0 Å². The molecule has 2 atom stereocenters. The van der Waals surface area contributed by atoms with E-state index in [0.717, 1.165) is 5.56 Å². The van der Waals surface area contributed by atoms with Gasteiger partial charge in [-0.15, -0.1) is 0 Å². The Bertz CT molecular complexity index is 711. The summed E-state index contributed by atoms with van der Waals surface area (Å²) in [6.45, 7) is 11.9. The van der Waals surface area contributed by atoms with Gasteiger partial charge >= 0.3 is 12.1 Å². The Labute approximate surface area is 191 Å². The monoisotopic (exact) mass is 450 g/mol. The first-order valence-electron chi connectivity index (χ1n) is 11.3. The smallest absolute Gasteiger partial charge is 0.410 e. The number of benzene rings is 1. The highest BCUT2D eigenvalue weighted by molar-refractivity contribution is 5.75. The van der Waals surface area contributed by atoms with Crippen LogP contribution in [0.1, 0.15) is 40.2 Å². The quantitative estimate of drug-likeness (QED) is 0.579. The number of amides is 1. The number of nitrogens with zero attached hydrogens (tertiary/aromatic N) is 2. The van der Waals surface area contributed by atoms with Gasteiger partial charge in [-0.2, -0.15) is 0 Å². The van der Waals surface area contributed by atoms with Crippen molar-refractivity contribution in [1.29, 1.82) is 0 Å². The van der Waals surface area contributed by atoms with Gasteiger partial charge in [0.05, 0.1) is 19.3 Å². The van der Waals surface area contributed by atoms with Crippen LogP contribution < -0.4 is 0 Å². The van der Waals surface area contributed by atoms with Crippen LogP contribution in [0.3, 0.4) is 0 Å². The Balaban J connectivity index is 1.83. The molecule has 0 bridgehead atoms. The maximum Gasteiger partial charge on any atom is 0.410 e. The summed E-state index contributed by atoms with van der Waals surface area (Å²) in [6.07, 6.45) is -1.04. The molecule has 1 aromatic carbocycles. The summed E-state index contributed by atoms with van der Waals surface area (Å²) in [5.41, 5.74) is 0.385. The van der Waals surface area contributed by atoms with Crippen LogP contribution in [-0.4, -0.2) is 84.1 Å². The normalized spacial score (nSPS) is 17.2. The maximum absolute atomic E-state index is 12.6. The van der Waals surface area contributed by atoms with Crippen LogP contribution in [0.5, 0.6) is 0 Å². The van der Waals surface area contributed by atoms with Gasteiger partial charge in [-0.3, -0.25) is 4.90 Å². The largest absolute Gasteiger partial charge is 0.459 e. The van der Waals surface area contributed by atoms with Gasteiger partial charge in [0.1, 0.15) is 12.2 Å². The zero-order chi connectivity index (χ0) is 23.7. The average Bonchev–Trinajstić information content (AvgIpc) is 2.74. The van der Waals surface area contributed by atoms with E-state index in [1.807, 2.05) is 65.0 Å².